The standard InChI is InChI=1S/C13H16N2O2/c1-4-16-13-9(3)5-8(2)6-10(13)11-7-12(14)17-15-11/h5-7H,4,14H2,1-3H3. The number of hydrogen-bond acceptors (Lipinski definition) is 4. The highest BCUT2D eigenvalue weighted by molar-refractivity contribution is 5.71. The fourth-order valence-electron chi connectivity index (χ4n) is 1.90. The van der Waals surface area contributed by atoms with Gasteiger partial charge in [-0.3, -0.25) is 0 Å². The van der Waals surface area contributed by atoms with E-state index in [4.69, 9.17) is 15.0 Å². The van der Waals surface area contributed by atoms with Gasteiger partial charge in [0.1, 0.15) is 11.4 Å². The Balaban J connectivity index is 2.58. The zero-order valence-corrected chi connectivity index (χ0v) is 10.3. The summed E-state index contributed by atoms with van der Waals surface area (Å²) >= 11 is 0. The summed E-state index contributed by atoms with van der Waals surface area (Å²) in [5.74, 6) is 1.15. The molecule has 90 valence electrons. The van der Waals surface area contributed by atoms with Crippen molar-refractivity contribution < 1.29 is 9.26 Å². The smallest absolute Gasteiger partial charge is 0.222 e. The van der Waals surface area contributed by atoms with E-state index in [-0.39, 0.29) is 0 Å². The SMILES string of the molecule is CCOc1c(C)cc(C)cc1-c1cc(N)on1. The maximum atomic E-state index is 5.66. The maximum Gasteiger partial charge on any atom is 0.222 e. The molecule has 0 bridgehead atoms. The molecule has 0 radical (unpaired) electrons. The van der Waals surface area contributed by atoms with Gasteiger partial charge in [-0.1, -0.05) is 11.2 Å². The summed E-state index contributed by atoms with van der Waals surface area (Å²) in [6.45, 7) is 6.63. The fraction of sp³-hybridized carbons (Fsp3) is 0.308. The van der Waals surface area contributed by atoms with E-state index in [0.29, 0.717) is 18.2 Å². The molecule has 0 fully saturated rings. The summed E-state index contributed by atoms with van der Waals surface area (Å²) in [4.78, 5) is 0. The molecule has 0 aliphatic rings. The molecular formula is C13H16N2O2. The van der Waals surface area contributed by atoms with Crippen LogP contribution < -0.4 is 10.5 Å². The van der Waals surface area contributed by atoms with Crippen molar-refractivity contribution >= 4 is 5.88 Å². The molecule has 17 heavy (non-hydrogen) atoms. The van der Waals surface area contributed by atoms with Gasteiger partial charge in [-0.25, -0.2) is 0 Å². The van der Waals surface area contributed by atoms with Crippen LogP contribution in [0.15, 0.2) is 22.7 Å². The number of anilines is 1. The Morgan fingerprint density at radius 1 is 1.29 bits per heavy atom. The van der Waals surface area contributed by atoms with Crippen LogP contribution in [0.1, 0.15) is 18.1 Å². The van der Waals surface area contributed by atoms with Gasteiger partial charge in [0.2, 0.25) is 5.88 Å². The minimum absolute atomic E-state index is 0.307. The fourth-order valence-corrected chi connectivity index (χ4v) is 1.90. The van der Waals surface area contributed by atoms with Gasteiger partial charge in [0.15, 0.2) is 0 Å². The van der Waals surface area contributed by atoms with Crippen molar-refractivity contribution in [2.45, 2.75) is 20.8 Å². The van der Waals surface area contributed by atoms with Crippen LogP contribution in [0.2, 0.25) is 0 Å². The summed E-state index contributed by atoms with van der Waals surface area (Å²) in [6, 6.07) is 5.81. The highest BCUT2D eigenvalue weighted by Gasteiger charge is 2.13. The molecular weight excluding hydrogens is 216 g/mol. The van der Waals surface area contributed by atoms with Gasteiger partial charge in [-0.2, -0.15) is 0 Å². The van der Waals surface area contributed by atoms with Crippen LogP contribution >= 0.6 is 0 Å². The van der Waals surface area contributed by atoms with Crippen LogP contribution in [0.5, 0.6) is 5.75 Å². The third-order valence-electron chi connectivity index (χ3n) is 2.51. The molecule has 4 nitrogen and oxygen atoms in total. The second kappa shape index (κ2) is 4.49. The first kappa shape index (κ1) is 11.5. The van der Waals surface area contributed by atoms with Crippen LogP contribution in [-0.2, 0) is 0 Å². The summed E-state index contributed by atoms with van der Waals surface area (Å²) < 4.78 is 10.6. The Morgan fingerprint density at radius 3 is 2.65 bits per heavy atom. The lowest BCUT2D eigenvalue weighted by atomic mass is 10.0. The van der Waals surface area contributed by atoms with Gasteiger partial charge < -0.3 is 15.0 Å². The van der Waals surface area contributed by atoms with Crippen molar-refractivity contribution in [3.63, 3.8) is 0 Å². The molecule has 0 amide bonds. The number of rotatable bonds is 3. The van der Waals surface area contributed by atoms with Crippen molar-refractivity contribution in [2.24, 2.45) is 0 Å². The molecule has 0 saturated carbocycles. The quantitative estimate of drug-likeness (QED) is 0.883. The van der Waals surface area contributed by atoms with Crippen LogP contribution in [0.25, 0.3) is 11.3 Å². The first-order valence-electron chi connectivity index (χ1n) is 5.58. The second-order valence-electron chi connectivity index (χ2n) is 4.01. The average Bonchev–Trinajstić information content (AvgIpc) is 2.68. The largest absolute Gasteiger partial charge is 0.493 e. The summed E-state index contributed by atoms with van der Waals surface area (Å²) in [7, 11) is 0. The molecule has 0 aliphatic heterocycles. The Bertz CT molecular complexity index is 532. The van der Waals surface area contributed by atoms with Gasteiger partial charge in [-0.05, 0) is 38.0 Å². The van der Waals surface area contributed by atoms with E-state index in [1.807, 2.05) is 26.8 Å². The lowest BCUT2D eigenvalue weighted by Gasteiger charge is -2.12. The number of nitrogen functional groups attached to an aromatic ring is 1. The van der Waals surface area contributed by atoms with E-state index in [1.54, 1.807) is 6.07 Å². The number of nitrogens with two attached hydrogens (primary N) is 1. The molecule has 2 N–H and O–H groups in total. The van der Waals surface area contributed by atoms with Crippen molar-refractivity contribution in [3.8, 4) is 17.0 Å². The van der Waals surface area contributed by atoms with E-state index in [1.165, 1.54) is 0 Å². The summed E-state index contributed by atoms with van der Waals surface area (Å²) in [5, 5.41) is 3.93. The first-order valence-corrected chi connectivity index (χ1v) is 5.58. The number of aryl methyl sites for hydroxylation is 2. The number of benzene rings is 1. The van der Waals surface area contributed by atoms with Crippen LogP contribution in [0.4, 0.5) is 5.88 Å². The Kier molecular flexibility index (Phi) is 3.04. The Hall–Kier alpha value is -1.97. The predicted octanol–water partition coefficient (Wildman–Crippen LogP) is 2.94. The zero-order valence-electron chi connectivity index (χ0n) is 10.3. The van der Waals surface area contributed by atoms with Gasteiger partial charge in [0.05, 0.1) is 6.61 Å². The molecule has 0 atom stereocenters. The maximum absolute atomic E-state index is 5.66. The average molecular weight is 232 g/mol. The molecule has 4 heteroatoms. The number of hydrogen-bond donors (Lipinski definition) is 1. The molecule has 0 aliphatic carbocycles. The zero-order chi connectivity index (χ0) is 12.4. The molecule has 0 spiro atoms. The Morgan fingerprint density at radius 2 is 2.06 bits per heavy atom. The van der Waals surface area contributed by atoms with E-state index in [2.05, 4.69) is 11.2 Å². The normalized spacial score (nSPS) is 10.5. The highest BCUT2D eigenvalue weighted by atomic mass is 16.5. The summed E-state index contributed by atoms with van der Waals surface area (Å²) in [5.41, 5.74) is 9.42. The van der Waals surface area contributed by atoms with Gasteiger partial charge in [0, 0.05) is 11.6 Å². The first-order chi connectivity index (χ1) is 8.11. The molecule has 1 aromatic heterocycles. The number of nitrogens with zero attached hydrogens (tertiary/aromatic N) is 1. The third kappa shape index (κ3) is 2.25. The molecule has 1 aromatic carbocycles. The monoisotopic (exact) mass is 232 g/mol. The van der Waals surface area contributed by atoms with E-state index < -0.39 is 0 Å². The minimum Gasteiger partial charge on any atom is -0.493 e. The van der Waals surface area contributed by atoms with Crippen molar-refractivity contribution in [2.75, 3.05) is 12.3 Å². The van der Waals surface area contributed by atoms with Gasteiger partial charge in [-0.15, -0.1) is 0 Å². The molecule has 0 saturated heterocycles. The van der Waals surface area contributed by atoms with Crippen molar-refractivity contribution in [1.29, 1.82) is 0 Å². The van der Waals surface area contributed by atoms with Crippen LogP contribution in [0.3, 0.4) is 0 Å². The lowest BCUT2D eigenvalue weighted by Crippen LogP contribution is -1.97. The highest BCUT2D eigenvalue weighted by Crippen LogP contribution is 2.34. The van der Waals surface area contributed by atoms with E-state index >= 15 is 0 Å². The van der Waals surface area contributed by atoms with Crippen molar-refractivity contribution in [1.82, 2.24) is 5.16 Å². The molecule has 1 heterocycles. The van der Waals surface area contributed by atoms with E-state index in [9.17, 15) is 0 Å². The number of aromatic nitrogens is 1. The number of ether oxygens (including phenoxy) is 1. The van der Waals surface area contributed by atoms with Crippen LogP contribution in [-0.4, -0.2) is 11.8 Å². The minimum atomic E-state index is 0.307. The molecule has 2 rings (SSSR count). The summed E-state index contributed by atoms with van der Waals surface area (Å²) in [6.07, 6.45) is 0. The molecule has 2 aromatic rings. The third-order valence-corrected chi connectivity index (χ3v) is 2.51. The topological polar surface area (TPSA) is 61.3 Å². The van der Waals surface area contributed by atoms with Crippen LogP contribution in [0, 0.1) is 13.8 Å². The molecule has 0 unspecified atom stereocenters. The Labute approximate surface area is 100 Å². The lowest BCUT2D eigenvalue weighted by molar-refractivity contribution is 0.338. The predicted molar refractivity (Wildman–Crippen MR) is 67.0 cm³/mol. The van der Waals surface area contributed by atoms with E-state index in [0.717, 1.165) is 22.4 Å². The van der Waals surface area contributed by atoms with Crippen molar-refractivity contribution in [3.05, 3.63) is 29.3 Å². The van der Waals surface area contributed by atoms with Gasteiger partial charge >= 0.3 is 0 Å². The van der Waals surface area contributed by atoms with Gasteiger partial charge in [0.25, 0.3) is 0 Å². The second-order valence-corrected chi connectivity index (χ2v) is 4.01.